The number of benzene rings is 1. The molecule has 0 bridgehead atoms. The van der Waals surface area contributed by atoms with Crippen LogP contribution in [0, 0.1) is 10.1 Å². The summed E-state index contributed by atoms with van der Waals surface area (Å²) in [5.41, 5.74) is 5.29. The van der Waals surface area contributed by atoms with E-state index in [0.717, 1.165) is 6.07 Å². The van der Waals surface area contributed by atoms with Crippen LogP contribution in [0.4, 0.5) is 11.4 Å². The van der Waals surface area contributed by atoms with Crippen LogP contribution in [0.25, 0.3) is 0 Å². The molecule has 15 heavy (non-hydrogen) atoms. The monoisotopic (exact) mass is 265 g/mol. The number of nitrogens with two attached hydrogens (primary N) is 1. The lowest BCUT2D eigenvalue weighted by Gasteiger charge is -2.06. The molecule has 1 aromatic rings. The van der Waals surface area contributed by atoms with Crippen LogP contribution in [0.1, 0.15) is 0 Å². The molecule has 0 aromatic heterocycles. The first-order valence-electron chi connectivity index (χ1n) is 3.61. The van der Waals surface area contributed by atoms with Gasteiger partial charge in [0.25, 0.3) is 5.69 Å². The van der Waals surface area contributed by atoms with Crippen LogP contribution in [-0.4, -0.2) is 10.0 Å². The van der Waals surface area contributed by atoms with Crippen LogP contribution in [0.15, 0.2) is 12.1 Å². The van der Waals surface area contributed by atoms with E-state index < -0.39 is 4.92 Å². The normalized spacial score (nSPS) is 9.73. The molecule has 1 aromatic carbocycles. The maximum absolute atomic E-state index is 10.5. The van der Waals surface area contributed by atoms with Gasteiger partial charge in [0.1, 0.15) is 5.02 Å². The van der Waals surface area contributed by atoms with Gasteiger partial charge in [0.15, 0.2) is 5.11 Å². The molecule has 5 nitrogen and oxygen atoms in total. The number of hydrogen-bond acceptors (Lipinski definition) is 3. The molecule has 3 N–H and O–H groups in total. The Bertz CT molecular complexity index is 438. The molecule has 0 saturated carbocycles. The minimum Gasteiger partial charge on any atom is -0.376 e. The summed E-state index contributed by atoms with van der Waals surface area (Å²) in [6.45, 7) is 0. The fraction of sp³-hybridized carbons (Fsp3) is 0. The van der Waals surface area contributed by atoms with Crippen LogP contribution in [0.2, 0.25) is 10.0 Å². The molecule has 8 heteroatoms. The van der Waals surface area contributed by atoms with Crippen LogP contribution in [-0.2, 0) is 0 Å². The second-order valence-electron chi connectivity index (χ2n) is 2.53. The van der Waals surface area contributed by atoms with Gasteiger partial charge >= 0.3 is 0 Å². The third-order valence-electron chi connectivity index (χ3n) is 1.49. The number of nitro benzene ring substituents is 1. The number of nitrogens with zero attached hydrogens (tertiary/aromatic N) is 1. The zero-order valence-electron chi connectivity index (χ0n) is 7.16. The van der Waals surface area contributed by atoms with Crippen molar-refractivity contribution in [1.29, 1.82) is 0 Å². The van der Waals surface area contributed by atoms with Gasteiger partial charge in [-0.05, 0) is 18.3 Å². The minimum absolute atomic E-state index is 0.00168. The van der Waals surface area contributed by atoms with E-state index in [1.54, 1.807) is 0 Å². The zero-order chi connectivity index (χ0) is 11.6. The van der Waals surface area contributed by atoms with E-state index in [-0.39, 0.29) is 20.8 Å². The van der Waals surface area contributed by atoms with E-state index in [2.05, 4.69) is 17.5 Å². The van der Waals surface area contributed by atoms with E-state index in [4.69, 9.17) is 28.9 Å². The highest BCUT2D eigenvalue weighted by molar-refractivity contribution is 7.80. The van der Waals surface area contributed by atoms with Crippen LogP contribution in [0.5, 0.6) is 0 Å². The first-order valence-corrected chi connectivity index (χ1v) is 4.78. The van der Waals surface area contributed by atoms with Gasteiger partial charge in [0.2, 0.25) is 0 Å². The summed E-state index contributed by atoms with van der Waals surface area (Å²) in [6, 6.07) is 2.42. The van der Waals surface area contributed by atoms with E-state index in [1.807, 2.05) is 0 Å². The number of rotatable bonds is 2. The van der Waals surface area contributed by atoms with Crippen molar-refractivity contribution in [2.24, 2.45) is 5.73 Å². The molecule has 0 unspecified atom stereocenters. The van der Waals surface area contributed by atoms with Crippen molar-refractivity contribution in [3.8, 4) is 0 Å². The van der Waals surface area contributed by atoms with E-state index in [0.29, 0.717) is 5.69 Å². The Hall–Kier alpha value is -1.11. The maximum Gasteiger partial charge on any atom is 0.289 e. The number of thiocarbonyl (C=S) groups is 1. The fourth-order valence-corrected chi connectivity index (χ4v) is 1.45. The Balaban J connectivity index is 3.19. The molecule has 80 valence electrons. The molecule has 0 radical (unpaired) electrons. The highest BCUT2D eigenvalue weighted by Gasteiger charge is 2.15. The van der Waals surface area contributed by atoms with E-state index in [1.165, 1.54) is 6.07 Å². The van der Waals surface area contributed by atoms with E-state index >= 15 is 0 Å². The lowest BCUT2D eigenvalue weighted by molar-refractivity contribution is -0.384. The van der Waals surface area contributed by atoms with Gasteiger partial charge in [0, 0.05) is 6.07 Å². The first kappa shape index (κ1) is 12.0. The van der Waals surface area contributed by atoms with Crippen molar-refractivity contribution in [3.63, 3.8) is 0 Å². The summed E-state index contributed by atoms with van der Waals surface area (Å²) < 4.78 is 0. The van der Waals surface area contributed by atoms with Crippen molar-refractivity contribution in [3.05, 3.63) is 32.3 Å². The lowest BCUT2D eigenvalue weighted by Crippen LogP contribution is -2.19. The zero-order valence-corrected chi connectivity index (χ0v) is 9.49. The predicted molar refractivity (Wildman–Crippen MR) is 63.5 cm³/mol. The number of anilines is 1. The van der Waals surface area contributed by atoms with Crippen molar-refractivity contribution in [2.75, 3.05) is 5.32 Å². The van der Waals surface area contributed by atoms with Gasteiger partial charge in [-0.25, -0.2) is 0 Å². The second kappa shape index (κ2) is 4.61. The average Bonchev–Trinajstić information content (AvgIpc) is 2.09. The summed E-state index contributed by atoms with van der Waals surface area (Å²) in [6.07, 6.45) is 0. The van der Waals surface area contributed by atoms with Crippen LogP contribution < -0.4 is 11.1 Å². The molecule has 0 heterocycles. The highest BCUT2D eigenvalue weighted by atomic mass is 35.5. The Kier molecular flexibility index (Phi) is 3.67. The summed E-state index contributed by atoms with van der Waals surface area (Å²) in [5.74, 6) is 0. The van der Waals surface area contributed by atoms with Crippen molar-refractivity contribution in [1.82, 2.24) is 0 Å². The molecule has 0 aliphatic heterocycles. The molecule has 0 fully saturated rings. The van der Waals surface area contributed by atoms with Gasteiger partial charge in [-0.3, -0.25) is 10.1 Å². The van der Waals surface area contributed by atoms with Crippen LogP contribution in [0.3, 0.4) is 0 Å². The summed E-state index contributed by atoms with van der Waals surface area (Å²) in [4.78, 5) is 9.87. The van der Waals surface area contributed by atoms with Crippen molar-refractivity contribution < 1.29 is 4.92 Å². The third kappa shape index (κ3) is 2.92. The van der Waals surface area contributed by atoms with Crippen molar-refractivity contribution >= 4 is 51.9 Å². The molecule has 0 aliphatic rings. The molecule has 0 aliphatic carbocycles. The smallest absolute Gasteiger partial charge is 0.289 e. The fourth-order valence-electron chi connectivity index (χ4n) is 0.905. The molecular formula is C7H5Cl2N3O2S. The highest BCUT2D eigenvalue weighted by Crippen LogP contribution is 2.33. The number of nitrogens with one attached hydrogen (secondary N) is 1. The van der Waals surface area contributed by atoms with Gasteiger partial charge in [0.05, 0.1) is 15.6 Å². The Morgan fingerprint density at radius 3 is 2.53 bits per heavy atom. The van der Waals surface area contributed by atoms with E-state index in [9.17, 15) is 10.1 Å². The second-order valence-corrected chi connectivity index (χ2v) is 3.78. The predicted octanol–water partition coefficient (Wildman–Crippen LogP) is 2.56. The van der Waals surface area contributed by atoms with Gasteiger partial charge in [-0.1, -0.05) is 23.2 Å². The number of nitro groups is 1. The topological polar surface area (TPSA) is 81.2 Å². The Morgan fingerprint density at radius 2 is 2.07 bits per heavy atom. The number of halogens is 2. The lowest BCUT2D eigenvalue weighted by atomic mass is 10.3. The molecule has 0 spiro atoms. The molecule has 1 rings (SSSR count). The largest absolute Gasteiger partial charge is 0.376 e. The summed E-state index contributed by atoms with van der Waals surface area (Å²) in [7, 11) is 0. The average molecular weight is 266 g/mol. The first-order chi connectivity index (χ1) is 6.91. The van der Waals surface area contributed by atoms with Gasteiger partial charge < -0.3 is 11.1 Å². The Morgan fingerprint density at radius 1 is 1.47 bits per heavy atom. The number of hydrogen-bond donors (Lipinski definition) is 2. The van der Waals surface area contributed by atoms with Gasteiger partial charge in [-0.15, -0.1) is 0 Å². The SMILES string of the molecule is NC(=S)Nc1cc(Cl)c([N+](=O)[O-])cc1Cl. The molecule has 0 amide bonds. The molecular weight excluding hydrogens is 261 g/mol. The summed E-state index contributed by atoms with van der Waals surface area (Å²) >= 11 is 16.0. The Labute approximate surface area is 100 Å². The van der Waals surface area contributed by atoms with Crippen molar-refractivity contribution in [2.45, 2.75) is 0 Å². The quantitative estimate of drug-likeness (QED) is 0.488. The summed E-state index contributed by atoms with van der Waals surface area (Å²) in [5, 5.41) is 13.1. The maximum atomic E-state index is 10.5. The standard InChI is InChI=1S/C7H5Cl2N3O2S/c8-3-2-6(12(13)14)4(9)1-5(3)11-7(10)15/h1-2H,(H3,10,11,15). The molecule has 0 saturated heterocycles. The van der Waals surface area contributed by atoms with Gasteiger partial charge in [-0.2, -0.15) is 0 Å². The van der Waals surface area contributed by atoms with Crippen LogP contribution >= 0.6 is 35.4 Å². The minimum atomic E-state index is -0.626. The third-order valence-corrected chi connectivity index (χ3v) is 2.21. The molecule has 0 atom stereocenters.